The van der Waals surface area contributed by atoms with E-state index >= 15 is 0 Å². The summed E-state index contributed by atoms with van der Waals surface area (Å²) >= 11 is 3.62. The lowest BCUT2D eigenvalue weighted by molar-refractivity contribution is -0.115. The van der Waals surface area contributed by atoms with Gasteiger partial charge >= 0.3 is 0 Å². The van der Waals surface area contributed by atoms with Gasteiger partial charge in [-0.25, -0.2) is 4.98 Å². The molecule has 1 heterocycles. The minimum Gasteiger partial charge on any atom is -0.326 e. The van der Waals surface area contributed by atoms with Gasteiger partial charge in [-0.05, 0) is 31.9 Å². The van der Waals surface area contributed by atoms with Crippen LogP contribution in [-0.2, 0) is 17.0 Å². The van der Waals surface area contributed by atoms with E-state index in [0.29, 0.717) is 6.42 Å². The van der Waals surface area contributed by atoms with Crippen molar-refractivity contribution < 1.29 is 4.79 Å². The van der Waals surface area contributed by atoms with Crippen LogP contribution in [0.5, 0.6) is 0 Å². The highest BCUT2D eigenvalue weighted by atomic mass is 32.2. The summed E-state index contributed by atoms with van der Waals surface area (Å²) in [7, 11) is 0. The summed E-state index contributed by atoms with van der Waals surface area (Å²) in [6.07, 6.45) is 7.19. The van der Waals surface area contributed by atoms with E-state index < -0.39 is 0 Å². The first-order valence-corrected chi connectivity index (χ1v) is 10.5. The lowest BCUT2D eigenvalue weighted by Crippen LogP contribution is -2.14. The van der Waals surface area contributed by atoms with Gasteiger partial charge in [-0.2, -0.15) is 11.8 Å². The molecule has 5 heteroatoms. The zero-order chi connectivity index (χ0) is 16.8. The van der Waals surface area contributed by atoms with Crippen molar-refractivity contribution >= 4 is 34.7 Å². The summed E-state index contributed by atoms with van der Waals surface area (Å²) in [5.74, 6) is 0.973. The van der Waals surface area contributed by atoms with Crippen LogP contribution in [0, 0.1) is 6.92 Å². The highest BCUT2D eigenvalue weighted by Gasteiger charge is 2.15. The molecule has 1 aromatic carbocycles. The third kappa shape index (κ3) is 5.35. The first-order valence-electron chi connectivity index (χ1n) is 8.60. The van der Waals surface area contributed by atoms with E-state index in [4.69, 9.17) is 0 Å². The maximum absolute atomic E-state index is 12.1. The van der Waals surface area contributed by atoms with Crippen LogP contribution in [0.3, 0.4) is 0 Å². The topological polar surface area (TPSA) is 42.0 Å². The largest absolute Gasteiger partial charge is 0.326 e. The first-order chi connectivity index (χ1) is 11.7. The number of thioether (sulfide) groups is 1. The number of benzene rings is 1. The molecule has 1 fully saturated rings. The molecule has 3 rings (SSSR count). The Bertz CT molecular complexity index is 660. The SMILES string of the molecule is Cc1ccc(NC(=O)Cc2nc(CSC3CCCCC3)cs2)cc1. The second kappa shape index (κ2) is 8.67. The second-order valence-corrected chi connectivity index (χ2v) is 8.63. The van der Waals surface area contributed by atoms with E-state index in [1.54, 1.807) is 11.3 Å². The average molecular weight is 361 g/mol. The lowest BCUT2D eigenvalue weighted by atomic mass is 10.0. The van der Waals surface area contributed by atoms with E-state index in [0.717, 1.165) is 27.4 Å². The zero-order valence-corrected chi connectivity index (χ0v) is 15.7. The van der Waals surface area contributed by atoms with Crippen molar-refractivity contribution in [3.63, 3.8) is 0 Å². The fourth-order valence-electron chi connectivity index (χ4n) is 2.91. The van der Waals surface area contributed by atoms with Crippen LogP contribution < -0.4 is 5.32 Å². The Morgan fingerprint density at radius 3 is 2.75 bits per heavy atom. The molecule has 0 bridgehead atoms. The number of carbonyl (C=O) groups excluding carboxylic acids is 1. The molecule has 1 aliphatic rings. The lowest BCUT2D eigenvalue weighted by Gasteiger charge is -2.20. The minimum absolute atomic E-state index is 0.000290. The van der Waals surface area contributed by atoms with Crippen LogP contribution in [0.4, 0.5) is 5.69 Å². The van der Waals surface area contributed by atoms with Gasteiger partial charge in [-0.3, -0.25) is 4.79 Å². The van der Waals surface area contributed by atoms with E-state index in [9.17, 15) is 4.79 Å². The molecule has 0 radical (unpaired) electrons. The normalized spacial score (nSPS) is 15.4. The Morgan fingerprint density at radius 2 is 2.00 bits per heavy atom. The number of aromatic nitrogens is 1. The Kier molecular flexibility index (Phi) is 6.32. The molecule has 3 nitrogen and oxygen atoms in total. The van der Waals surface area contributed by atoms with Gasteiger partial charge in [0.1, 0.15) is 5.01 Å². The molecule has 2 aromatic rings. The van der Waals surface area contributed by atoms with Crippen LogP contribution >= 0.6 is 23.1 Å². The summed E-state index contributed by atoms with van der Waals surface area (Å²) in [6, 6.07) is 7.86. The molecule has 0 spiro atoms. The quantitative estimate of drug-likeness (QED) is 0.770. The average Bonchev–Trinajstić information content (AvgIpc) is 3.03. The molecule has 0 aliphatic heterocycles. The third-order valence-corrected chi connectivity index (χ3v) is 6.57. The number of carbonyl (C=O) groups is 1. The Labute approximate surface area is 152 Å². The van der Waals surface area contributed by atoms with Gasteiger partial charge in [0.05, 0.1) is 12.1 Å². The van der Waals surface area contributed by atoms with Gasteiger partial charge in [-0.15, -0.1) is 11.3 Å². The Hall–Kier alpha value is -1.33. The number of rotatable bonds is 6. The fourth-order valence-corrected chi connectivity index (χ4v) is 5.03. The van der Waals surface area contributed by atoms with Crippen molar-refractivity contribution in [2.24, 2.45) is 0 Å². The second-order valence-electron chi connectivity index (χ2n) is 6.39. The van der Waals surface area contributed by atoms with Crippen LogP contribution in [0.2, 0.25) is 0 Å². The number of hydrogen-bond acceptors (Lipinski definition) is 4. The summed E-state index contributed by atoms with van der Waals surface area (Å²) in [5.41, 5.74) is 3.15. The van der Waals surface area contributed by atoms with Crippen molar-refractivity contribution in [3.8, 4) is 0 Å². The molecule has 0 unspecified atom stereocenters. The third-order valence-electron chi connectivity index (χ3n) is 4.27. The molecule has 0 saturated heterocycles. The Balaban J connectivity index is 1.46. The van der Waals surface area contributed by atoms with Crippen LogP contribution in [-0.4, -0.2) is 16.1 Å². The maximum Gasteiger partial charge on any atom is 0.231 e. The number of nitrogens with zero attached hydrogens (tertiary/aromatic N) is 1. The smallest absolute Gasteiger partial charge is 0.231 e. The van der Waals surface area contributed by atoms with E-state index in [-0.39, 0.29) is 5.91 Å². The molecule has 128 valence electrons. The van der Waals surface area contributed by atoms with Gasteiger partial charge in [0.15, 0.2) is 0 Å². The van der Waals surface area contributed by atoms with Crippen LogP contribution in [0.25, 0.3) is 0 Å². The Morgan fingerprint density at radius 1 is 1.25 bits per heavy atom. The predicted molar refractivity (Wildman–Crippen MR) is 104 cm³/mol. The highest BCUT2D eigenvalue weighted by molar-refractivity contribution is 7.99. The number of aryl methyl sites for hydroxylation is 1. The van der Waals surface area contributed by atoms with Gasteiger partial charge in [-0.1, -0.05) is 37.0 Å². The molecule has 1 amide bonds. The number of amides is 1. The van der Waals surface area contributed by atoms with Gasteiger partial charge < -0.3 is 5.32 Å². The first kappa shape index (κ1) is 17.5. The van der Waals surface area contributed by atoms with Crippen molar-refractivity contribution in [3.05, 3.63) is 45.9 Å². The standard InChI is InChI=1S/C19H24N2OS2/c1-14-7-9-15(10-8-14)20-18(22)11-19-21-16(13-24-19)12-23-17-5-3-2-4-6-17/h7-10,13,17H,2-6,11-12H2,1H3,(H,20,22). The molecule has 1 N–H and O–H groups in total. The number of nitrogens with one attached hydrogen (secondary N) is 1. The number of hydrogen-bond donors (Lipinski definition) is 1. The van der Waals surface area contributed by atoms with Crippen LogP contribution in [0.1, 0.15) is 48.4 Å². The molecular formula is C19H24N2OS2. The molecule has 1 aliphatic carbocycles. The monoisotopic (exact) mass is 360 g/mol. The number of anilines is 1. The highest BCUT2D eigenvalue weighted by Crippen LogP contribution is 2.30. The van der Waals surface area contributed by atoms with Crippen molar-refractivity contribution in [2.75, 3.05) is 5.32 Å². The molecule has 1 aromatic heterocycles. The maximum atomic E-state index is 12.1. The zero-order valence-electron chi connectivity index (χ0n) is 14.1. The van der Waals surface area contributed by atoms with E-state index in [2.05, 4.69) is 15.7 Å². The van der Waals surface area contributed by atoms with Crippen molar-refractivity contribution in [1.82, 2.24) is 4.98 Å². The minimum atomic E-state index is -0.000290. The molecule has 24 heavy (non-hydrogen) atoms. The predicted octanol–water partition coefficient (Wildman–Crippen LogP) is 5.20. The van der Waals surface area contributed by atoms with Crippen LogP contribution in [0.15, 0.2) is 29.6 Å². The fraction of sp³-hybridized carbons (Fsp3) is 0.474. The summed E-state index contributed by atoms with van der Waals surface area (Å²) in [5, 5.41) is 6.74. The summed E-state index contributed by atoms with van der Waals surface area (Å²) < 4.78 is 0. The number of thiazole rings is 1. The van der Waals surface area contributed by atoms with E-state index in [1.165, 1.54) is 37.7 Å². The van der Waals surface area contributed by atoms with Gasteiger partial charge in [0, 0.05) is 22.1 Å². The van der Waals surface area contributed by atoms with Crippen molar-refractivity contribution in [2.45, 2.75) is 56.5 Å². The summed E-state index contributed by atoms with van der Waals surface area (Å²) in [6.45, 7) is 2.04. The molecule has 0 atom stereocenters. The van der Waals surface area contributed by atoms with E-state index in [1.807, 2.05) is 43.0 Å². The van der Waals surface area contributed by atoms with Gasteiger partial charge in [0.2, 0.25) is 5.91 Å². The van der Waals surface area contributed by atoms with Gasteiger partial charge in [0.25, 0.3) is 0 Å². The summed E-state index contributed by atoms with van der Waals surface area (Å²) in [4.78, 5) is 16.8. The van der Waals surface area contributed by atoms with Crippen molar-refractivity contribution in [1.29, 1.82) is 0 Å². The molecule has 1 saturated carbocycles. The molecular weight excluding hydrogens is 336 g/mol.